The molecule has 0 spiro atoms. The molecule has 3 atom stereocenters. The maximum absolute atomic E-state index is 12.4. The van der Waals surface area contributed by atoms with Crippen LogP contribution in [0.25, 0.3) is 0 Å². The Morgan fingerprint density at radius 1 is 1.45 bits per heavy atom. The van der Waals surface area contributed by atoms with Gasteiger partial charge >= 0.3 is 0 Å². The largest absolute Gasteiger partial charge is 0.369 e. The van der Waals surface area contributed by atoms with Gasteiger partial charge in [0.1, 0.15) is 0 Å². The second-order valence-electron chi connectivity index (χ2n) is 6.45. The quantitative estimate of drug-likeness (QED) is 0.856. The number of primary amides is 1. The van der Waals surface area contributed by atoms with E-state index in [1.807, 2.05) is 4.90 Å². The van der Waals surface area contributed by atoms with Crippen molar-refractivity contribution in [1.82, 2.24) is 10.2 Å². The molecular formula is C16H23N3O2S. The van der Waals surface area contributed by atoms with Crippen molar-refractivity contribution in [3.63, 3.8) is 0 Å². The summed E-state index contributed by atoms with van der Waals surface area (Å²) >= 11 is 1.79. The molecule has 5 nitrogen and oxygen atoms in total. The molecule has 0 aromatic carbocycles. The Morgan fingerprint density at radius 3 is 2.95 bits per heavy atom. The Balaban J connectivity index is 1.49. The molecule has 2 heterocycles. The van der Waals surface area contributed by atoms with Gasteiger partial charge in [0.2, 0.25) is 11.8 Å². The molecule has 120 valence electrons. The predicted molar refractivity (Wildman–Crippen MR) is 86.7 cm³/mol. The Morgan fingerprint density at radius 2 is 2.27 bits per heavy atom. The fourth-order valence-electron chi connectivity index (χ4n) is 3.30. The van der Waals surface area contributed by atoms with Crippen LogP contribution in [0.2, 0.25) is 0 Å². The summed E-state index contributed by atoms with van der Waals surface area (Å²) < 4.78 is 0. The molecule has 1 saturated heterocycles. The van der Waals surface area contributed by atoms with Gasteiger partial charge in [-0.3, -0.25) is 14.5 Å². The normalized spacial score (nSPS) is 28.3. The number of carbonyl (C=O) groups is 2. The van der Waals surface area contributed by atoms with Crippen molar-refractivity contribution in [2.45, 2.75) is 38.1 Å². The monoisotopic (exact) mass is 321 g/mol. The second kappa shape index (κ2) is 6.38. The summed E-state index contributed by atoms with van der Waals surface area (Å²) in [6.07, 6.45) is 2.94. The minimum Gasteiger partial charge on any atom is -0.369 e. The SMILES string of the molecule is Cc1ccc([C@@H]2C[C@@H]2C(=O)N[C@H]2CCCN(CC(N)=O)C2)s1. The number of thiophene rings is 1. The van der Waals surface area contributed by atoms with E-state index in [1.54, 1.807) is 11.3 Å². The highest BCUT2D eigenvalue weighted by atomic mass is 32.1. The standard InChI is InChI=1S/C16H23N3O2S/c1-10-4-5-14(22-10)12-7-13(12)16(21)18-11-3-2-6-19(8-11)9-15(17)20/h4-5,11-13H,2-3,6-9H2,1H3,(H2,17,20)(H,18,21)/t11-,12+,13-/m0/s1. The molecule has 1 aliphatic heterocycles. The maximum Gasteiger partial charge on any atom is 0.231 e. The first-order chi connectivity index (χ1) is 10.5. The van der Waals surface area contributed by atoms with Gasteiger partial charge in [0.05, 0.1) is 6.54 Å². The molecule has 1 saturated carbocycles. The van der Waals surface area contributed by atoms with Crippen molar-refractivity contribution in [1.29, 1.82) is 0 Å². The highest BCUT2D eigenvalue weighted by molar-refractivity contribution is 7.12. The zero-order valence-electron chi connectivity index (χ0n) is 12.9. The number of hydrogen-bond donors (Lipinski definition) is 2. The first kappa shape index (κ1) is 15.5. The van der Waals surface area contributed by atoms with Crippen molar-refractivity contribution in [2.75, 3.05) is 19.6 Å². The fraction of sp³-hybridized carbons (Fsp3) is 0.625. The zero-order valence-corrected chi connectivity index (χ0v) is 13.7. The molecular weight excluding hydrogens is 298 g/mol. The summed E-state index contributed by atoms with van der Waals surface area (Å²) in [5.74, 6) is 0.401. The fourth-order valence-corrected chi connectivity index (χ4v) is 4.35. The Kier molecular flexibility index (Phi) is 4.49. The van der Waals surface area contributed by atoms with Crippen LogP contribution in [0.15, 0.2) is 12.1 Å². The molecule has 0 unspecified atom stereocenters. The first-order valence-electron chi connectivity index (χ1n) is 7.90. The molecule has 2 aliphatic rings. The maximum atomic E-state index is 12.4. The van der Waals surface area contributed by atoms with E-state index in [1.165, 1.54) is 9.75 Å². The summed E-state index contributed by atoms with van der Waals surface area (Å²) in [7, 11) is 0. The van der Waals surface area contributed by atoms with E-state index in [9.17, 15) is 9.59 Å². The van der Waals surface area contributed by atoms with Gasteiger partial charge in [-0.25, -0.2) is 0 Å². The van der Waals surface area contributed by atoms with E-state index < -0.39 is 0 Å². The highest BCUT2D eigenvalue weighted by Crippen LogP contribution is 2.49. The smallest absolute Gasteiger partial charge is 0.231 e. The van der Waals surface area contributed by atoms with Gasteiger partial charge in [-0.15, -0.1) is 11.3 Å². The zero-order chi connectivity index (χ0) is 15.7. The van der Waals surface area contributed by atoms with Crippen LogP contribution in [0.4, 0.5) is 0 Å². The number of hydrogen-bond acceptors (Lipinski definition) is 4. The Bertz CT molecular complexity index is 571. The van der Waals surface area contributed by atoms with Gasteiger partial charge in [0, 0.05) is 34.2 Å². The van der Waals surface area contributed by atoms with E-state index in [2.05, 4.69) is 24.4 Å². The van der Waals surface area contributed by atoms with E-state index in [4.69, 9.17) is 5.73 Å². The van der Waals surface area contributed by atoms with Crippen LogP contribution in [0.5, 0.6) is 0 Å². The minimum atomic E-state index is -0.303. The Labute approximate surface area is 134 Å². The molecule has 3 rings (SSSR count). The Hall–Kier alpha value is -1.40. The third-order valence-corrected chi connectivity index (χ3v) is 5.62. The molecule has 1 aromatic rings. The number of amides is 2. The van der Waals surface area contributed by atoms with Crippen molar-refractivity contribution in [3.05, 3.63) is 21.9 Å². The summed E-state index contributed by atoms with van der Waals surface area (Å²) in [5, 5.41) is 3.16. The average Bonchev–Trinajstić information content (AvgIpc) is 3.14. The number of rotatable bonds is 5. The number of nitrogens with one attached hydrogen (secondary N) is 1. The minimum absolute atomic E-state index is 0.129. The number of piperidine rings is 1. The summed E-state index contributed by atoms with van der Waals surface area (Å²) in [6, 6.07) is 4.41. The summed E-state index contributed by atoms with van der Waals surface area (Å²) in [6.45, 7) is 3.99. The van der Waals surface area contributed by atoms with E-state index >= 15 is 0 Å². The molecule has 6 heteroatoms. The van der Waals surface area contributed by atoms with Crippen molar-refractivity contribution < 1.29 is 9.59 Å². The molecule has 0 radical (unpaired) electrons. The van der Waals surface area contributed by atoms with Gasteiger partial charge in [-0.05, 0) is 44.9 Å². The molecule has 0 bridgehead atoms. The van der Waals surface area contributed by atoms with E-state index in [0.29, 0.717) is 5.92 Å². The number of nitrogens with two attached hydrogens (primary N) is 1. The van der Waals surface area contributed by atoms with Gasteiger partial charge in [-0.1, -0.05) is 0 Å². The first-order valence-corrected chi connectivity index (χ1v) is 8.72. The number of nitrogens with zero attached hydrogens (tertiary/aromatic N) is 1. The van der Waals surface area contributed by atoms with Crippen molar-refractivity contribution >= 4 is 23.2 Å². The van der Waals surface area contributed by atoms with E-state index in [-0.39, 0.29) is 30.3 Å². The molecule has 1 aliphatic carbocycles. The third-order valence-electron chi connectivity index (χ3n) is 4.49. The summed E-state index contributed by atoms with van der Waals surface area (Å²) in [4.78, 5) is 28.1. The van der Waals surface area contributed by atoms with Gasteiger partial charge in [0.15, 0.2) is 0 Å². The van der Waals surface area contributed by atoms with Gasteiger partial charge < -0.3 is 11.1 Å². The van der Waals surface area contributed by atoms with Crippen LogP contribution in [-0.4, -0.2) is 42.4 Å². The van der Waals surface area contributed by atoms with Gasteiger partial charge in [-0.2, -0.15) is 0 Å². The van der Waals surface area contributed by atoms with E-state index in [0.717, 1.165) is 32.4 Å². The lowest BCUT2D eigenvalue weighted by molar-refractivity contribution is -0.123. The lowest BCUT2D eigenvalue weighted by Gasteiger charge is -2.32. The second-order valence-corrected chi connectivity index (χ2v) is 7.77. The number of likely N-dealkylation sites (tertiary alicyclic amines) is 1. The average molecular weight is 321 g/mol. The van der Waals surface area contributed by atoms with Crippen LogP contribution < -0.4 is 11.1 Å². The van der Waals surface area contributed by atoms with Crippen molar-refractivity contribution in [2.24, 2.45) is 11.7 Å². The summed E-state index contributed by atoms with van der Waals surface area (Å²) in [5.41, 5.74) is 5.25. The number of carbonyl (C=O) groups excluding carboxylic acids is 2. The lowest BCUT2D eigenvalue weighted by Crippen LogP contribution is -2.50. The predicted octanol–water partition coefficient (Wildman–Crippen LogP) is 1.23. The number of aryl methyl sites for hydroxylation is 1. The van der Waals surface area contributed by atoms with Crippen LogP contribution in [0, 0.1) is 12.8 Å². The molecule has 3 N–H and O–H groups in total. The third kappa shape index (κ3) is 3.67. The van der Waals surface area contributed by atoms with Crippen molar-refractivity contribution in [3.8, 4) is 0 Å². The molecule has 1 aromatic heterocycles. The molecule has 22 heavy (non-hydrogen) atoms. The molecule has 2 amide bonds. The van der Waals surface area contributed by atoms with Crippen LogP contribution >= 0.6 is 11.3 Å². The van der Waals surface area contributed by atoms with Gasteiger partial charge in [0.25, 0.3) is 0 Å². The van der Waals surface area contributed by atoms with Crippen LogP contribution in [0.3, 0.4) is 0 Å². The van der Waals surface area contributed by atoms with Crippen LogP contribution in [0.1, 0.15) is 34.9 Å². The lowest BCUT2D eigenvalue weighted by atomic mass is 10.1. The molecule has 2 fully saturated rings. The highest BCUT2D eigenvalue weighted by Gasteiger charge is 2.45. The topological polar surface area (TPSA) is 75.4 Å². The van der Waals surface area contributed by atoms with Crippen LogP contribution in [-0.2, 0) is 9.59 Å².